The highest BCUT2D eigenvalue weighted by Gasteiger charge is 2.21. The van der Waals surface area contributed by atoms with Crippen LogP contribution in [0.3, 0.4) is 0 Å². The minimum atomic E-state index is -1.05. The van der Waals surface area contributed by atoms with E-state index in [0.29, 0.717) is 11.4 Å². The molecule has 0 saturated heterocycles. The van der Waals surface area contributed by atoms with Crippen LogP contribution in [0.25, 0.3) is 0 Å². The first-order valence-corrected chi connectivity index (χ1v) is 6.81. The Bertz CT molecular complexity index is 661. The maximum atomic E-state index is 12.6. The van der Waals surface area contributed by atoms with Crippen molar-refractivity contribution in [3.8, 4) is 0 Å². The summed E-state index contributed by atoms with van der Waals surface area (Å²) in [5.41, 5.74) is 1.06. The van der Waals surface area contributed by atoms with Crippen LogP contribution in [0.5, 0.6) is 0 Å². The zero-order chi connectivity index (χ0) is 15.4. The number of carboxylic acid groups (broad SMARTS) is 1. The highest BCUT2D eigenvalue weighted by atomic mass is 16.4. The van der Waals surface area contributed by atoms with Crippen LogP contribution in [0.4, 0.5) is 5.69 Å². The summed E-state index contributed by atoms with van der Waals surface area (Å²) in [5, 5.41) is 9.22. The Balaban J connectivity index is 2.36. The van der Waals surface area contributed by atoms with Crippen molar-refractivity contribution in [2.75, 3.05) is 11.9 Å². The molecule has 0 saturated carbocycles. The largest absolute Gasteiger partial charge is 0.478 e. The van der Waals surface area contributed by atoms with E-state index >= 15 is 0 Å². The smallest absolute Gasteiger partial charge is 0.337 e. The van der Waals surface area contributed by atoms with Crippen molar-refractivity contribution in [2.45, 2.75) is 19.9 Å². The Morgan fingerprint density at radius 1 is 1.19 bits per heavy atom. The molecule has 1 aromatic heterocycles. The maximum absolute atomic E-state index is 12.6. The molecule has 0 spiro atoms. The van der Waals surface area contributed by atoms with Gasteiger partial charge >= 0.3 is 5.97 Å². The number of amides is 1. The number of hydrogen-bond donors (Lipinski definition) is 1. The molecular formula is C16H18N2O3. The normalized spacial score (nSPS) is 10.4. The monoisotopic (exact) mass is 286 g/mol. The first-order valence-electron chi connectivity index (χ1n) is 6.81. The lowest BCUT2D eigenvalue weighted by Crippen LogP contribution is -2.29. The SMILES string of the molecule is CCCn1cccc1C(=O)N(C)c1ccccc1C(=O)O. The van der Waals surface area contributed by atoms with Crippen molar-refractivity contribution in [1.29, 1.82) is 0 Å². The Morgan fingerprint density at radius 3 is 2.57 bits per heavy atom. The Hall–Kier alpha value is -2.56. The van der Waals surface area contributed by atoms with Gasteiger partial charge in [0.05, 0.1) is 11.3 Å². The summed E-state index contributed by atoms with van der Waals surface area (Å²) in [7, 11) is 1.59. The molecule has 0 bridgehead atoms. The van der Waals surface area contributed by atoms with Crippen molar-refractivity contribution in [2.24, 2.45) is 0 Å². The number of rotatable bonds is 5. The molecule has 0 aliphatic heterocycles. The number of aromatic carboxylic acids is 1. The second-order valence-electron chi connectivity index (χ2n) is 4.77. The molecule has 0 fully saturated rings. The minimum absolute atomic E-state index is 0.113. The Kier molecular flexibility index (Phi) is 4.42. The van der Waals surface area contributed by atoms with Crippen LogP contribution < -0.4 is 4.90 Å². The number of carboxylic acids is 1. The maximum Gasteiger partial charge on any atom is 0.337 e. The molecule has 5 nitrogen and oxygen atoms in total. The third-order valence-electron chi connectivity index (χ3n) is 3.31. The fourth-order valence-corrected chi connectivity index (χ4v) is 2.27. The molecular weight excluding hydrogens is 268 g/mol. The lowest BCUT2D eigenvalue weighted by molar-refractivity contribution is 0.0697. The lowest BCUT2D eigenvalue weighted by Gasteiger charge is -2.20. The molecule has 5 heteroatoms. The van der Waals surface area contributed by atoms with E-state index in [1.165, 1.54) is 11.0 Å². The van der Waals surface area contributed by atoms with Crippen LogP contribution in [0, 0.1) is 0 Å². The highest BCUT2D eigenvalue weighted by molar-refractivity contribution is 6.08. The Labute approximate surface area is 123 Å². The summed E-state index contributed by atoms with van der Waals surface area (Å²) in [6.45, 7) is 2.79. The summed E-state index contributed by atoms with van der Waals surface area (Å²) < 4.78 is 1.88. The van der Waals surface area contributed by atoms with Gasteiger partial charge in [0.15, 0.2) is 0 Å². The van der Waals surface area contributed by atoms with Crippen LogP contribution in [-0.4, -0.2) is 28.6 Å². The summed E-state index contributed by atoms with van der Waals surface area (Å²) in [6.07, 6.45) is 2.78. The van der Waals surface area contributed by atoms with E-state index < -0.39 is 5.97 Å². The third kappa shape index (κ3) is 2.97. The molecule has 21 heavy (non-hydrogen) atoms. The number of nitrogens with zero attached hydrogens (tertiary/aromatic N) is 2. The average Bonchev–Trinajstić information content (AvgIpc) is 2.94. The second kappa shape index (κ2) is 6.26. The number of anilines is 1. The zero-order valence-corrected chi connectivity index (χ0v) is 12.1. The van der Waals surface area contributed by atoms with Crippen LogP contribution in [0.15, 0.2) is 42.6 Å². The number of carbonyl (C=O) groups excluding carboxylic acids is 1. The standard InChI is InChI=1S/C16H18N2O3/c1-3-10-18-11-6-9-14(18)15(19)17(2)13-8-5-4-7-12(13)16(20)21/h4-9,11H,3,10H2,1-2H3,(H,20,21). The topological polar surface area (TPSA) is 62.5 Å². The highest BCUT2D eigenvalue weighted by Crippen LogP contribution is 2.21. The molecule has 1 aromatic carbocycles. The quantitative estimate of drug-likeness (QED) is 0.919. The number of aryl methyl sites for hydroxylation is 1. The van der Waals surface area contributed by atoms with E-state index in [1.807, 2.05) is 23.8 Å². The number of para-hydroxylation sites is 1. The Morgan fingerprint density at radius 2 is 1.90 bits per heavy atom. The van der Waals surface area contributed by atoms with Crippen molar-refractivity contribution in [3.63, 3.8) is 0 Å². The van der Waals surface area contributed by atoms with Gasteiger partial charge in [-0.1, -0.05) is 19.1 Å². The molecule has 0 atom stereocenters. The molecule has 1 amide bonds. The third-order valence-corrected chi connectivity index (χ3v) is 3.31. The van der Waals surface area contributed by atoms with E-state index in [9.17, 15) is 14.7 Å². The summed E-state index contributed by atoms with van der Waals surface area (Å²) in [4.78, 5) is 25.2. The molecule has 1 heterocycles. The van der Waals surface area contributed by atoms with Gasteiger partial charge in [-0.25, -0.2) is 4.79 Å². The van der Waals surface area contributed by atoms with Gasteiger partial charge in [0, 0.05) is 19.8 Å². The molecule has 0 unspecified atom stereocenters. The van der Waals surface area contributed by atoms with Gasteiger partial charge in [-0.15, -0.1) is 0 Å². The summed E-state index contributed by atoms with van der Waals surface area (Å²) in [6, 6.07) is 10.1. The van der Waals surface area contributed by atoms with Gasteiger partial charge < -0.3 is 14.6 Å². The minimum Gasteiger partial charge on any atom is -0.478 e. The van der Waals surface area contributed by atoms with Crippen molar-refractivity contribution >= 4 is 17.6 Å². The van der Waals surface area contributed by atoms with Gasteiger partial charge in [0.2, 0.25) is 0 Å². The van der Waals surface area contributed by atoms with Gasteiger partial charge in [-0.2, -0.15) is 0 Å². The number of aromatic nitrogens is 1. The van der Waals surface area contributed by atoms with Gasteiger partial charge in [0.25, 0.3) is 5.91 Å². The summed E-state index contributed by atoms with van der Waals surface area (Å²) >= 11 is 0. The van der Waals surface area contributed by atoms with E-state index in [2.05, 4.69) is 0 Å². The van der Waals surface area contributed by atoms with Crippen LogP contribution in [0.2, 0.25) is 0 Å². The van der Waals surface area contributed by atoms with Crippen molar-refractivity contribution < 1.29 is 14.7 Å². The lowest BCUT2D eigenvalue weighted by atomic mass is 10.1. The van der Waals surface area contributed by atoms with E-state index in [4.69, 9.17) is 0 Å². The molecule has 0 radical (unpaired) electrons. The molecule has 2 rings (SSSR count). The van der Waals surface area contributed by atoms with E-state index in [1.54, 1.807) is 31.3 Å². The number of carbonyl (C=O) groups is 2. The number of benzene rings is 1. The molecule has 0 aliphatic rings. The second-order valence-corrected chi connectivity index (χ2v) is 4.77. The van der Waals surface area contributed by atoms with E-state index in [0.717, 1.165) is 13.0 Å². The van der Waals surface area contributed by atoms with Crippen molar-refractivity contribution in [3.05, 3.63) is 53.9 Å². The number of hydrogen-bond acceptors (Lipinski definition) is 2. The average molecular weight is 286 g/mol. The fourth-order valence-electron chi connectivity index (χ4n) is 2.27. The van der Waals surface area contributed by atoms with Gasteiger partial charge in [0.1, 0.15) is 5.69 Å². The van der Waals surface area contributed by atoms with Crippen LogP contribution >= 0.6 is 0 Å². The predicted octanol–water partition coefficient (Wildman–Crippen LogP) is 2.87. The summed E-state index contributed by atoms with van der Waals surface area (Å²) in [5.74, 6) is -1.27. The van der Waals surface area contributed by atoms with Gasteiger partial charge in [-0.3, -0.25) is 4.79 Å². The first-order chi connectivity index (χ1) is 10.1. The van der Waals surface area contributed by atoms with E-state index in [-0.39, 0.29) is 11.5 Å². The van der Waals surface area contributed by atoms with Gasteiger partial charge in [-0.05, 0) is 30.7 Å². The molecule has 2 aromatic rings. The van der Waals surface area contributed by atoms with Crippen LogP contribution in [-0.2, 0) is 6.54 Å². The van der Waals surface area contributed by atoms with Crippen molar-refractivity contribution in [1.82, 2.24) is 4.57 Å². The first kappa shape index (κ1) is 14.8. The fraction of sp³-hybridized carbons (Fsp3) is 0.250. The molecule has 110 valence electrons. The molecule has 1 N–H and O–H groups in total. The van der Waals surface area contributed by atoms with Crippen LogP contribution in [0.1, 0.15) is 34.2 Å². The predicted molar refractivity (Wildman–Crippen MR) is 80.9 cm³/mol. The zero-order valence-electron chi connectivity index (χ0n) is 12.1. The molecule has 0 aliphatic carbocycles.